The SMILES string of the molecule is O=C(NCCOc1cccc2ccccc12)[C@H]1CCCN(Cc2ccccc2Cl)C1. The summed E-state index contributed by atoms with van der Waals surface area (Å²) in [6, 6.07) is 22.1. The van der Waals surface area contributed by atoms with Crippen molar-refractivity contribution in [2.75, 3.05) is 26.2 Å². The average molecular weight is 423 g/mol. The Morgan fingerprint density at radius 1 is 1.07 bits per heavy atom. The Morgan fingerprint density at radius 2 is 1.87 bits per heavy atom. The minimum absolute atomic E-state index is 0.0128. The van der Waals surface area contributed by atoms with Gasteiger partial charge in [0.25, 0.3) is 0 Å². The molecule has 0 unspecified atom stereocenters. The lowest BCUT2D eigenvalue weighted by Crippen LogP contribution is -2.43. The Labute approximate surface area is 182 Å². The summed E-state index contributed by atoms with van der Waals surface area (Å²) in [7, 11) is 0. The highest BCUT2D eigenvalue weighted by Crippen LogP contribution is 2.25. The lowest BCUT2D eigenvalue weighted by atomic mass is 9.96. The maximum Gasteiger partial charge on any atom is 0.224 e. The fourth-order valence-electron chi connectivity index (χ4n) is 4.08. The fraction of sp³-hybridized carbons (Fsp3) is 0.320. The number of halogens is 1. The molecule has 4 nitrogen and oxygen atoms in total. The van der Waals surface area contributed by atoms with E-state index in [4.69, 9.17) is 16.3 Å². The number of fused-ring (bicyclic) bond motifs is 1. The molecular weight excluding hydrogens is 396 g/mol. The highest BCUT2D eigenvalue weighted by atomic mass is 35.5. The van der Waals surface area contributed by atoms with Gasteiger partial charge in [-0.1, -0.05) is 66.2 Å². The summed E-state index contributed by atoms with van der Waals surface area (Å²) < 4.78 is 5.93. The molecule has 1 heterocycles. The normalized spacial score (nSPS) is 17.0. The summed E-state index contributed by atoms with van der Waals surface area (Å²) in [5.41, 5.74) is 1.11. The van der Waals surface area contributed by atoms with Crippen molar-refractivity contribution < 1.29 is 9.53 Å². The third-order valence-corrected chi connectivity index (χ3v) is 6.01. The van der Waals surface area contributed by atoms with Gasteiger partial charge in [-0.25, -0.2) is 0 Å². The van der Waals surface area contributed by atoms with Crippen LogP contribution in [-0.4, -0.2) is 37.0 Å². The zero-order valence-corrected chi connectivity index (χ0v) is 17.8. The highest BCUT2D eigenvalue weighted by Gasteiger charge is 2.25. The zero-order chi connectivity index (χ0) is 20.8. The third kappa shape index (κ3) is 5.13. The Kier molecular flexibility index (Phi) is 6.88. The molecule has 30 heavy (non-hydrogen) atoms. The van der Waals surface area contributed by atoms with E-state index in [1.54, 1.807) is 0 Å². The van der Waals surface area contributed by atoms with Crippen LogP contribution in [0.4, 0.5) is 0 Å². The summed E-state index contributed by atoms with van der Waals surface area (Å²) in [4.78, 5) is 15.0. The molecule has 156 valence electrons. The molecule has 0 bridgehead atoms. The maximum absolute atomic E-state index is 12.7. The number of likely N-dealkylation sites (tertiary alicyclic amines) is 1. The minimum Gasteiger partial charge on any atom is -0.491 e. The lowest BCUT2D eigenvalue weighted by molar-refractivity contribution is -0.126. The van der Waals surface area contributed by atoms with Crippen LogP contribution in [-0.2, 0) is 11.3 Å². The third-order valence-electron chi connectivity index (χ3n) is 5.64. The molecule has 3 aromatic rings. The van der Waals surface area contributed by atoms with E-state index in [1.165, 1.54) is 0 Å². The number of ether oxygens (including phenoxy) is 1. The number of carbonyl (C=O) groups excluding carboxylic acids is 1. The number of piperidine rings is 1. The first-order valence-corrected chi connectivity index (χ1v) is 10.9. The summed E-state index contributed by atoms with van der Waals surface area (Å²) in [5.74, 6) is 0.977. The molecule has 1 amide bonds. The van der Waals surface area contributed by atoms with Gasteiger partial charge in [-0.3, -0.25) is 9.69 Å². The molecule has 1 fully saturated rings. The molecular formula is C25H27ClN2O2. The molecule has 4 rings (SSSR count). The molecule has 0 radical (unpaired) electrons. The number of hydrogen-bond donors (Lipinski definition) is 1. The molecule has 5 heteroatoms. The van der Waals surface area contributed by atoms with Crippen molar-refractivity contribution in [3.8, 4) is 5.75 Å². The van der Waals surface area contributed by atoms with Gasteiger partial charge < -0.3 is 10.1 Å². The minimum atomic E-state index is 0.0128. The van der Waals surface area contributed by atoms with E-state index in [0.717, 1.165) is 59.6 Å². The number of rotatable bonds is 7. The van der Waals surface area contributed by atoms with Gasteiger partial charge in [0.2, 0.25) is 5.91 Å². The van der Waals surface area contributed by atoms with E-state index in [1.807, 2.05) is 42.5 Å². The van der Waals surface area contributed by atoms with Crippen molar-refractivity contribution in [2.45, 2.75) is 19.4 Å². The van der Waals surface area contributed by atoms with Crippen LogP contribution in [0.2, 0.25) is 5.02 Å². The Bertz CT molecular complexity index is 1000. The van der Waals surface area contributed by atoms with E-state index in [0.29, 0.717) is 13.2 Å². The van der Waals surface area contributed by atoms with Crippen LogP contribution in [0.5, 0.6) is 5.75 Å². The average Bonchev–Trinajstić information content (AvgIpc) is 2.78. The van der Waals surface area contributed by atoms with Crippen LogP contribution in [0.25, 0.3) is 10.8 Å². The van der Waals surface area contributed by atoms with Crippen LogP contribution in [0.15, 0.2) is 66.7 Å². The van der Waals surface area contributed by atoms with E-state index in [-0.39, 0.29) is 11.8 Å². The lowest BCUT2D eigenvalue weighted by Gasteiger charge is -2.32. The van der Waals surface area contributed by atoms with Gasteiger partial charge >= 0.3 is 0 Å². The smallest absolute Gasteiger partial charge is 0.224 e. The van der Waals surface area contributed by atoms with Gasteiger partial charge in [0.1, 0.15) is 12.4 Å². The predicted octanol–water partition coefficient (Wildman–Crippen LogP) is 4.90. The molecule has 1 aliphatic rings. The Morgan fingerprint density at radius 3 is 2.77 bits per heavy atom. The van der Waals surface area contributed by atoms with E-state index >= 15 is 0 Å². The molecule has 1 N–H and O–H groups in total. The number of benzene rings is 3. The maximum atomic E-state index is 12.7. The molecule has 0 saturated carbocycles. The quantitative estimate of drug-likeness (QED) is 0.550. The number of nitrogens with one attached hydrogen (secondary N) is 1. The molecule has 3 aromatic carbocycles. The van der Waals surface area contributed by atoms with Crippen molar-refractivity contribution in [3.05, 3.63) is 77.3 Å². The van der Waals surface area contributed by atoms with Crippen molar-refractivity contribution in [3.63, 3.8) is 0 Å². The topological polar surface area (TPSA) is 41.6 Å². The summed E-state index contributed by atoms with van der Waals surface area (Å²) >= 11 is 6.29. The molecule has 1 saturated heterocycles. The van der Waals surface area contributed by atoms with Gasteiger partial charge in [-0.2, -0.15) is 0 Å². The van der Waals surface area contributed by atoms with E-state index < -0.39 is 0 Å². The summed E-state index contributed by atoms with van der Waals surface area (Å²) in [5, 5.41) is 6.08. The van der Waals surface area contributed by atoms with Crippen LogP contribution >= 0.6 is 11.6 Å². The van der Waals surface area contributed by atoms with E-state index in [9.17, 15) is 4.79 Å². The van der Waals surface area contributed by atoms with Gasteiger partial charge in [-0.05, 0) is 42.5 Å². The predicted molar refractivity (Wildman–Crippen MR) is 122 cm³/mol. The highest BCUT2D eigenvalue weighted by molar-refractivity contribution is 6.31. The number of hydrogen-bond acceptors (Lipinski definition) is 3. The molecule has 1 aliphatic heterocycles. The summed E-state index contributed by atoms with van der Waals surface area (Å²) in [6.45, 7) is 3.51. The van der Waals surface area contributed by atoms with Crippen molar-refractivity contribution in [1.82, 2.24) is 10.2 Å². The van der Waals surface area contributed by atoms with Gasteiger partial charge in [0.15, 0.2) is 0 Å². The van der Waals surface area contributed by atoms with Crippen LogP contribution in [0.3, 0.4) is 0 Å². The first-order valence-electron chi connectivity index (χ1n) is 10.5. The Balaban J connectivity index is 1.25. The summed E-state index contributed by atoms with van der Waals surface area (Å²) in [6.07, 6.45) is 1.95. The van der Waals surface area contributed by atoms with Gasteiger partial charge in [0, 0.05) is 23.5 Å². The number of amides is 1. The monoisotopic (exact) mass is 422 g/mol. The Hall–Kier alpha value is -2.56. The molecule has 0 spiro atoms. The molecule has 1 atom stereocenters. The van der Waals surface area contributed by atoms with E-state index in [2.05, 4.69) is 34.5 Å². The van der Waals surface area contributed by atoms with Crippen molar-refractivity contribution in [2.24, 2.45) is 5.92 Å². The second-order valence-electron chi connectivity index (χ2n) is 7.78. The first-order chi connectivity index (χ1) is 14.7. The first kappa shape index (κ1) is 20.7. The fourth-order valence-corrected chi connectivity index (χ4v) is 4.28. The van der Waals surface area contributed by atoms with Gasteiger partial charge in [-0.15, -0.1) is 0 Å². The largest absolute Gasteiger partial charge is 0.491 e. The number of nitrogens with zero attached hydrogens (tertiary/aromatic N) is 1. The molecule has 0 aliphatic carbocycles. The van der Waals surface area contributed by atoms with Gasteiger partial charge in [0.05, 0.1) is 12.5 Å². The number of carbonyl (C=O) groups is 1. The second-order valence-corrected chi connectivity index (χ2v) is 8.19. The standard InChI is InChI=1S/C25H27ClN2O2/c26-23-12-4-2-8-20(23)17-28-15-6-10-21(18-28)25(29)27-14-16-30-24-13-5-9-19-7-1-3-11-22(19)24/h1-5,7-9,11-13,21H,6,10,14-18H2,(H,27,29)/t21-/m0/s1. The van der Waals surface area contributed by atoms with Crippen molar-refractivity contribution >= 4 is 28.3 Å². The van der Waals surface area contributed by atoms with Crippen LogP contribution < -0.4 is 10.1 Å². The zero-order valence-electron chi connectivity index (χ0n) is 17.0. The van der Waals surface area contributed by atoms with Crippen LogP contribution in [0.1, 0.15) is 18.4 Å². The molecule has 0 aromatic heterocycles. The second kappa shape index (κ2) is 9.96. The van der Waals surface area contributed by atoms with Crippen LogP contribution in [0, 0.1) is 5.92 Å². The van der Waals surface area contributed by atoms with Crippen molar-refractivity contribution in [1.29, 1.82) is 0 Å².